The van der Waals surface area contributed by atoms with Crippen LogP contribution in [0.25, 0.3) is 11.3 Å². The van der Waals surface area contributed by atoms with E-state index in [1.165, 1.54) is 11.3 Å². The van der Waals surface area contributed by atoms with Crippen molar-refractivity contribution in [3.63, 3.8) is 0 Å². The van der Waals surface area contributed by atoms with Crippen molar-refractivity contribution in [3.05, 3.63) is 21.2 Å². The van der Waals surface area contributed by atoms with E-state index >= 15 is 0 Å². The first-order valence-corrected chi connectivity index (χ1v) is 6.04. The number of halogens is 1. The Kier molecular flexibility index (Phi) is 2.80. The second-order valence-corrected chi connectivity index (χ2v) is 4.79. The molecule has 0 spiro atoms. The molecule has 2 aromatic rings. The molecule has 2 heterocycles. The van der Waals surface area contributed by atoms with Crippen LogP contribution in [0.1, 0.15) is 18.3 Å². The van der Waals surface area contributed by atoms with Crippen LogP contribution in [0, 0.1) is 13.8 Å². The van der Waals surface area contributed by atoms with Crippen LogP contribution in [0.15, 0.2) is 5.38 Å². The highest BCUT2D eigenvalue weighted by molar-refractivity contribution is 7.14. The van der Waals surface area contributed by atoms with E-state index in [-0.39, 0.29) is 0 Å². The van der Waals surface area contributed by atoms with E-state index in [1.807, 2.05) is 17.0 Å². The Labute approximate surface area is 97.7 Å². The van der Waals surface area contributed by atoms with Gasteiger partial charge in [-0.25, -0.2) is 4.98 Å². The van der Waals surface area contributed by atoms with Gasteiger partial charge in [0.1, 0.15) is 0 Å². The van der Waals surface area contributed by atoms with E-state index in [0.29, 0.717) is 4.47 Å². The predicted octanol–water partition coefficient (Wildman–Crippen LogP) is 3.30. The normalized spacial score (nSPS) is 10.9. The summed E-state index contributed by atoms with van der Waals surface area (Å²) in [7, 11) is 0. The number of aromatic nitrogens is 3. The van der Waals surface area contributed by atoms with Gasteiger partial charge in [0.25, 0.3) is 0 Å². The Hall–Kier alpha value is -0.870. The van der Waals surface area contributed by atoms with E-state index in [0.717, 1.165) is 29.2 Å². The van der Waals surface area contributed by atoms with E-state index < -0.39 is 0 Å². The summed E-state index contributed by atoms with van der Waals surface area (Å²) in [6.45, 7) is 7.02. The summed E-state index contributed by atoms with van der Waals surface area (Å²) in [6, 6.07) is 0. The van der Waals surface area contributed by atoms with Crippen molar-refractivity contribution in [2.75, 3.05) is 0 Å². The molecule has 3 nitrogen and oxygen atoms in total. The number of thiazole rings is 1. The van der Waals surface area contributed by atoms with Gasteiger partial charge in [0, 0.05) is 23.2 Å². The largest absolute Gasteiger partial charge is 0.269 e. The summed E-state index contributed by atoms with van der Waals surface area (Å²) in [6.07, 6.45) is 0. The summed E-state index contributed by atoms with van der Waals surface area (Å²) >= 11 is 7.29. The summed E-state index contributed by atoms with van der Waals surface area (Å²) < 4.78 is 2.56. The standard InChI is InChI=1S/C10H12ClN3S/c1-4-14-7(3)9(6(2)13-14)8-5-15-10(11)12-8/h5H,4H2,1-3H3. The maximum atomic E-state index is 5.84. The molecule has 0 amide bonds. The molecule has 80 valence electrons. The molecule has 0 atom stereocenters. The minimum Gasteiger partial charge on any atom is -0.269 e. The zero-order valence-electron chi connectivity index (χ0n) is 8.91. The molecule has 0 saturated carbocycles. The van der Waals surface area contributed by atoms with Crippen molar-refractivity contribution in [1.29, 1.82) is 0 Å². The minimum absolute atomic E-state index is 0.577. The van der Waals surface area contributed by atoms with Gasteiger partial charge in [-0.2, -0.15) is 5.10 Å². The van der Waals surface area contributed by atoms with E-state index in [1.54, 1.807) is 0 Å². The second kappa shape index (κ2) is 3.94. The van der Waals surface area contributed by atoms with E-state index in [2.05, 4.69) is 23.9 Å². The monoisotopic (exact) mass is 241 g/mol. The van der Waals surface area contributed by atoms with Crippen LogP contribution in [0.5, 0.6) is 0 Å². The third-order valence-electron chi connectivity index (χ3n) is 2.41. The number of hydrogen-bond donors (Lipinski definition) is 0. The number of hydrogen-bond acceptors (Lipinski definition) is 3. The Bertz CT molecular complexity index is 487. The molecule has 5 heteroatoms. The van der Waals surface area contributed by atoms with E-state index in [9.17, 15) is 0 Å². The molecule has 0 aromatic carbocycles. The van der Waals surface area contributed by atoms with Crippen LogP contribution in [0.4, 0.5) is 0 Å². The van der Waals surface area contributed by atoms with Crippen molar-refractivity contribution in [3.8, 4) is 11.3 Å². The van der Waals surface area contributed by atoms with E-state index in [4.69, 9.17) is 11.6 Å². The number of nitrogens with zero attached hydrogens (tertiary/aromatic N) is 3. The molecule has 0 aliphatic heterocycles. The first-order valence-electron chi connectivity index (χ1n) is 4.79. The van der Waals surface area contributed by atoms with Gasteiger partial charge in [0.05, 0.1) is 11.4 Å². The van der Waals surface area contributed by atoms with Gasteiger partial charge in [-0.05, 0) is 20.8 Å². The zero-order valence-corrected chi connectivity index (χ0v) is 10.5. The smallest absolute Gasteiger partial charge is 0.184 e. The van der Waals surface area contributed by atoms with Gasteiger partial charge in [0.2, 0.25) is 0 Å². The van der Waals surface area contributed by atoms with Crippen LogP contribution >= 0.6 is 22.9 Å². The molecule has 0 radical (unpaired) electrons. The molecule has 0 fully saturated rings. The predicted molar refractivity (Wildman–Crippen MR) is 63.5 cm³/mol. The van der Waals surface area contributed by atoms with Crippen molar-refractivity contribution in [2.45, 2.75) is 27.3 Å². The first-order chi connectivity index (χ1) is 7.13. The lowest BCUT2D eigenvalue weighted by Gasteiger charge is -1.99. The van der Waals surface area contributed by atoms with Gasteiger partial charge in [-0.15, -0.1) is 11.3 Å². The van der Waals surface area contributed by atoms with Crippen LogP contribution in [-0.4, -0.2) is 14.8 Å². The summed E-state index contributed by atoms with van der Waals surface area (Å²) in [5.74, 6) is 0. The van der Waals surface area contributed by atoms with Gasteiger partial charge in [-0.1, -0.05) is 11.6 Å². The van der Waals surface area contributed by atoms with Gasteiger partial charge in [0.15, 0.2) is 4.47 Å². The fourth-order valence-electron chi connectivity index (χ4n) is 1.74. The minimum atomic E-state index is 0.577. The van der Waals surface area contributed by atoms with Crippen molar-refractivity contribution < 1.29 is 0 Å². The number of rotatable bonds is 2. The Balaban J connectivity index is 2.57. The fourth-order valence-corrected chi connectivity index (χ4v) is 2.50. The third-order valence-corrected chi connectivity index (χ3v) is 3.39. The van der Waals surface area contributed by atoms with Crippen LogP contribution < -0.4 is 0 Å². The lowest BCUT2D eigenvalue weighted by Crippen LogP contribution is -1.98. The molecule has 0 aliphatic carbocycles. The van der Waals surface area contributed by atoms with Gasteiger partial charge in [-0.3, -0.25) is 4.68 Å². The molecule has 0 aliphatic rings. The molecule has 0 saturated heterocycles. The number of aryl methyl sites for hydroxylation is 2. The summed E-state index contributed by atoms with van der Waals surface area (Å²) in [5, 5.41) is 6.42. The Morgan fingerprint density at radius 1 is 1.47 bits per heavy atom. The van der Waals surface area contributed by atoms with Crippen molar-refractivity contribution >= 4 is 22.9 Å². The average molecular weight is 242 g/mol. The maximum Gasteiger partial charge on any atom is 0.184 e. The fraction of sp³-hybridized carbons (Fsp3) is 0.400. The molecule has 0 unspecified atom stereocenters. The summed E-state index contributed by atoms with van der Waals surface area (Å²) in [4.78, 5) is 4.28. The molecular formula is C10H12ClN3S. The zero-order chi connectivity index (χ0) is 11.0. The lowest BCUT2D eigenvalue weighted by atomic mass is 10.1. The SMILES string of the molecule is CCn1nc(C)c(-c2csc(Cl)n2)c1C. The first kappa shape index (κ1) is 10.6. The second-order valence-electron chi connectivity index (χ2n) is 3.35. The van der Waals surface area contributed by atoms with Crippen molar-refractivity contribution in [1.82, 2.24) is 14.8 Å². The quantitative estimate of drug-likeness (QED) is 0.808. The molecule has 2 rings (SSSR count). The highest BCUT2D eigenvalue weighted by Crippen LogP contribution is 2.29. The van der Waals surface area contributed by atoms with Crippen LogP contribution in [-0.2, 0) is 6.54 Å². The third kappa shape index (κ3) is 1.79. The Morgan fingerprint density at radius 3 is 2.67 bits per heavy atom. The van der Waals surface area contributed by atoms with Gasteiger partial charge >= 0.3 is 0 Å². The highest BCUT2D eigenvalue weighted by atomic mass is 35.5. The lowest BCUT2D eigenvalue weighted by molar-refractivity contribution is 0.634. The maximum absolute atomic E-state index is 5.84. The van der Waals surface area contributed by atoms with Gasteiger partial charge < -0.3 is 0 Å². The molecule has 0 bridgehead atoms. The highest BCUT2D eigenvalue weighted by Gasteiger charge is 2.14. The average Bonchev–Trinajstić information content (AvgIpc) is 2.71. The van der Waals surface area contributed by atoms with Crippen LogP contribution in [0.2, 0.25) is 4.47 Å². The molecular weight excluding hydrogens is 230 g/mol. The van der Waals surface area contributed by atoms with Crippen molar-refractivity contribution in [2.24, 2.45) is 0 Å². The Morgan fingerprint density at radius 2 is 2.20 bits per heavy atom. The topological polar surface area (TPSA) is 30.7 Å². The summed E-state index contributed by atoms with van der Waals surface area (Å²) in [5.41, 5.74) is 4.20. The van der Waals surface area contributed by atoms with Crippen LogP contribution in [0.3, 0.4) is 0 Å². The molecule has 2 aromatic heterocycles. The molecule has 0 N–H and O–H groups in total. The molecule has 15 heavy (non-hydrogen) atoms.